The minimum atomic E-state index is -3.58. The van der Waals surface area contributed by atoms with Gasteiger partial charge >= 0.3 is 0 Å². The van der Waals surface area contributed by atoms with Crippen LogP contribution in [0.1, 0.15) is 12.8 Å². The van der Waals surface area contributed by atoms with Gasteiger partial charge in [-0.25, -0.2) is 13.4 Å². The molecule has 4 aromatic rings. The van der Waals surface area contributed by atoms with Crippen LogP contribution >= 0.6 is 23.1 Å². The van der Waals surface area contributed by atoms with Gasteiger partial charge in [-0.05, 0) is 67.6 Å². The molecule has 9 heteroatoms. The SMILES string of the molecule is CSc1ccccc1S(=O)(=O)N1CCC(C(=O)Nc2ccc(-c3nc4ccccc4s3)cc2)CC1. The Balaban J connectivity index is 1.21. The average molecular weight is 524 g/mol. The number of piperidine rings is 1. The van der Waals surface area contributed by atoms with E-state index in [1.807, 2.05) is 60.9 Å². The fourth-order valence-electron chi connectivity index (χ4n) is 4.27. The molecule has 1 aliphatic heterocycles. The minimum Gasteiger partial charge on any atom is -0.326 e. The van der Waals surface area contributed by atoms with Gasteiger partial charge in [0.1, 0.15) is 5.01 Å². The van der Waals surface area contributed by atoms with Gasteiger partial charge in [-0.3, -0.25) is 4.79 Å². The number of thiazole rings is 1. The van der Waals surface area contributed by atoms with Crippen molar-refractivity contribution in [2.75, 3.05) is 24.7 Å². The van der Waals surface area contributed by atoms with Crippen LogP contribution in [0.15, 0.2) is 82.6 Å². The molecule has 0 unspecified atom stereocenters. The zero-order chi connectivity index (χ0) is 24.4. The maximum absolute atomic E-state index is 13.1. The molecule has 1 N–H and O–H groups in total. The number of thioether (sulfide) groups is 1. The molecular formula is C26H25N3O3S3. The van der Waals surface area contributed by atoms with Crippen molar-refractivity contribution >= 4 is 54.9 Å². The number of nitrogens with zero attached hydrogens (tertiary/aromatic N) is 2. The number of fused-ring (bicyclic) bond motifs is 1. The van der Waals surface area contributed by atoms with E-state index in [0.717, 1.165) is 31.4 Å². The molecule has 5 rings (SSSR count). The Morgan fingerprint density at radius 1 is 1.00 bits per heavy atom. The molecular weight excluding hydrogens is 499 g/mol. The molecule has 0 atom stereocenters. The van der Waals surface area contributed by atoms with Crippen molar-refractivity contribution in [3.05, 3.63) is 72.8 Å². The molecule has 1 saturated heterocycles. The zero-order valence-corrected chi connectivity index (χ0v) is 21.6. The Kier molecular flexibility index (Phi) is 6.93. The summed E-state index contributed by atoms with van der Waals surface area (Å²) in [6.45, 7) is 0.666. The van der Waals surface area contributed by atoms with Gasteiger partial charge in [0.05, 0.1) is 15.1 Å². The van der Waals surface area contributed by atoms with Crippen LogP contribution in [0.5, 0.6) is 0 Å². The molecule has 2 heterocycles. The highest BCUT2D eigenvalue weighted by atomic mass is 32.2. The summed E-state index contributed by atoms with van der Waals surface area (Å²) in [5.74, 6) is -0.291. The monoisotopic (exact) mass is 523 g/mol. The summed E-state index contributed by atoms with van der Waals surface area (Å²) in [7, 11) is -3.58. The third kappa shape index (κ3) is 4.99. The van der Waals surface area contributed by atoms with Crippen LogP contribution in [-0.4, -0.2) is 43.0 Å². The first-order chi connectivity index (χ1) is 17.0. The molecule has 180 valence electrons. The Hall–Kier alpha value is -2.72. The maximum atomic E-state index is 13.1. The van der Waals surface area contributed by atoms with Gasteiger partial charge < -0.3 is 5.32 Å². The molecule has 0 bridgehead atoms. The number of para-hydroxylation sites is 1. The molecule has 0 radical (unpaired) electrons. The number of carbonyl (C=O) groups excluding carboxylic acids is 1. The Bertz CT molecular complexity index is 1420. The van der Waals surface area contributed by atoms with E-state index in [4.69, 9.17) is 0 Å². The minimum absolute atomic E-state index is 0.0701. The Morgan fingerprint density at radius 3 is 2.40 bits per heavy atom. The van der Waals surface area contributed by atoms with Gasteiger partial charge in [-0.15, -0.1) is 23.1 Å². The van der Waals surface area contributed by atoms with Crippen LogP contribution in [-0.2, 0) is 14.8 Å². The number of amides is 1. The predicted molar refractivity (Wildman–Crippen MR) is 143 cm³/mol. The average Bonchev–Trinajstić information content (AvgIpc) is 3.33. The largest absolute Gasteiger partial charge is 0.326 e. The highest BCUT2D eigenvalue weighted by Crippen LogP contribution is 2.32. The molecule has 0 aliphatic carbocycles. The second kappa shape index (κ2) is 10.1. The molecule has 1 aliphatic rings. The second-order valence-corrected chi connectivity index (χ2v) is 12.2. The van der Waals surface area contributed by atoms with E-state index in [1.54, 1.807) is 23.5 Å². The van der Waals surface area contributed by atoms with Gasteiger partial charge in [0, 0.05) is 35.2 Å². The second-order valence-electron chi connectivity index (χ2n) is 8.38. The van der Waals surface area contributed by atoms with Gasteiger partial charge in [-0.2, -0.15) is 4.31 Å². The summed E-state index contributed by atoms with van der Waals surface area (Å²) < 4.78 is 28.9. The lowest BCUT2D eigenvalue weighted by Crippen LogP contribution is -2.41. The predicted octanol–water partition coefficient (Wildman–Crippen LogP) is 5.72. The maximum Gasteiger partial charge on any atom is 0.244 e. The molecule has 1 amide bonds. The van der Waals surface area contributed by atoms with Crippen LogP contribution in [0.25, 0.3) is 20.8 Å². The van der Waals surface area contributed by atoms with E-state index < -0.39 is 10.0 Å². The van der Waals surface area contributed by atoms with Crippen LogP contribution in [0.2, 0.25) is 0 Å². The standard InChI is InChI=1S/C26H25N3O3S3/c1-33-23-8-4-5-9-24(23)35(31,32)29-16-14-18(15-17-29)25(30)27-20-12-10-19(11-13-20)26-28-21-6-2-3-7-22(21)34-26/h2-13,18H,14-17H2,1H3,(H,27,30). The normalized spacial score (nSPS) is 15.3. The fourth-order valence-corrected chi connectivity index (χ4v) is 7.83. The van der Waals surface area contributed by atoms with E-state index in [1.165, 1.54) is 16.1 Å². The van der Waals surface area contributed by atoms with Crippen LogP contribution in [0, 0.1) is 5.92 Å². The van der Waals surface area contributed by atoms with E-state index in [9.17, 15) is 13.2 Å². The first-order valence-corrected chi connectivity index (χ1v) is 14.8. The molecule has 1 fully saturated rings. The molecule has 6 nitrogen and oxygen atoms in total. The summed E-state index contributed by atoms with van der Waals surface area (Å²) in [4.78, 5) is 18.6. The van der Waals surface area contributed by atoms with Gasteiger partial charge in [0.25, 0.3) is 0 Å². The lowest BCUT2D eigenvalue weighted by atomic mass is 9.97. The summed E-state index contributed by atoms with van der Waals surface area (Å²) in [6, 6.07) is 22.8. The number of nitrogens with one attached hydrogen (secondary N) is 1. The fraction of sp³-hybridized carbons (Fsp3) is 0.231. The van der Waals surface area contributed by atoms with Crippen molar-refractivity contribution < 1.29 is 13.2 Å². The highest BCUT2D eigenvalue weighted by molar-refractivity contribution is 7.99. The van der Waals surface area contributed by atoms with Crippen LogP contribution in [0.4, 0.5) is 5.69 Å². The first kappa shape index (κ1) is 24.0. The van der Waals surface area contributed by atoms with Crippen LogP contribution in [0.3, 0.4) is 0 Å². The highest BCUT2D eigenvalue weighted by Gasteiger charge is 2.33. The van der Waals surface area contributed by atoms with Gasteiger partial charge in [0.2, 0.25) is 15.9 Å². The summed E-state index contributed by atoms with van der Waals surface area (Å²) in [6.07, 6.45) is 2.86. The van der Waals surface area contributed by atoms with Crippen molar-refractivity contribution in [2.24, 2.45) is 5.92 Å². The third-order valence-corrected chi connectivity index (χ3v) is 10.2. The molecule has 0 spiro atoms. The number of aromatic nitrogens is 1. The number of sulfonamides is 1. The van der Waals surface area contributed by atoms with Gasteiger partial charge in [-0.1, -0.05) is 24.3 Å². The number of carbonyl (C=O) groups is 1. The van der Waals surface area contributed by atoms with Crippen molar-refractivity contribution in [1.29, 1.82) is 0 Å². The molecule has 3 aromatic carbocycles. The number of hydrogen-bond acceptors (Lipinski definition) is 6. The van der Waals surface area contributed by atoms with E-state index in [-0.39, 0.29) is 11.8 Å². The van der Waals surface area contributed by atoms with Crippen molar-refractivity contribution in [1.82, 2.24) is 9.29 Å². The van der Waals surface area contributed by atoms with Crippen molar-refractivity contribution in [3.8, 4) is 10.6 Å². The van der Waals surface area contributed by atoms with Crippen LogP contribution < -0.4 is 5.32 Å². The number of hydrogen-bond donors (Lipinski definition) is 1. The van der Waals surface area contributed by atoms with E-state index in [0.29, 0.717) is 30.8 Å². The topological polar surface area (TPSA) is 79.4 Å². The van der Waals surface area contributed by atoms with Crippen molar-refractivity contribution in [2.45, 2.75) is 22.6 Å². The Labute approximate surface area is 213 Å². The van der Waals surface area contributed by atoms with E-state index >= 15 is 0 Å². The summed E-state index contributed by atoms with van der Waals surface area (Å²) in [5, 5.41) is 3.94. The Morgan fingerprint density at radius 2 is 1.69 bits per heavy atom. The lowest BCUT2D eigenvalue weighted by Gasteiger charge is -2.31. The van der Waals surface area contributed by atoms with Crippen molar-refractivity contribution in [3.63, 3.8) is 0 Å². The number of benzene rings is 3. The summed E-state index contributed by atoms with van der Waals surface area (Å²) >= 11 is 3.06. The zero-order valence-electron chi connectivity index (χ0n) is 19.2. The number of anilines is 1. The number of rotatable bonds is 6. The van der Waals surface area contributed by atoms with Gasteiger partial charge in [0.15, 0.2) is 0 Å². The molecule has 35 heavy (non-hydrogen) atoms. The lowest BCUT2D eigenvalue weighted by molar-refractivity contribution is -0.120. The smallest absolute Gasteiger partial charge is 0.244 e. The first-order valence-electron chi connectivity index (χ1n) is 11.4. The summed E-state index contributed by atoms with van der Waals surface area (Å²) in [5.41, 5.74) is 2.72. The van der Waals surface area contributed by atoms with E-state index in [2.05, 4.69) is 16.4 Å². The quantitative estimate of drug-likeness (QED) is 0.327. The molecule has 1 aromatic heterocycles. The third-order valence-electron chi connectivity index (χ3n) is 6.20. The molecule has 0 saturated carbocycles.